The van der Waals surface area contributed by atoms with Crippen LogP contribution in [-0.2, 0) is 4.74 Å². The number of carbonyl (C=O) groups is 1. The lowest BCUT2D eigenvalue weighted by Crippen LogP contribution is -2.11. The van der Waals surface area contributed by atoms with E-state index in [1.165, 1.54) is 19.6 Å². The van der Waals surface area contributed by atoms with Crippen molar-refractivity contribution in [2.45, 2.75) is 38.0 Å². The Morgan fingerprint density at radius 3 is 2.52 bits per heavy atom. The fraction of sp³-hybridized carbons (Fsp3) is 0.368. The topological polar surface area (TPSA) is 59.4 Å². The number of hydrogen-bond donors (Lipinski definition) is 1. The highest BCUT2D eigenvalue weighted by atomic mass is 16.5. The van der Waals surface area contributed by atoms with Gasteiger partial charge in [-0.15, -0.1) is 0 Å². The molecule has 1 saturated carbocycles. The Bertz CT molecular complexity index is 691. The summed E-state index contributed by atoms with van der Waals surface area (Å²) >= 11 is 0. The van der Waals surface area contributed by atoms with Gasteiger partial charge in [0.05, 0.1) is 24.1 Å². The number of aromatic hydroxyl groups is 1. The van der Waals surface area contributed by atoms with E-state index in [1.807, 2.05) is 30.3 Å². The highest BCUT2D eigenvalue weighted by Crippen LogP contribution is 2.38. The van der Waals surface area contributed by atoms with E-state index >= 15 is 0 Å². The second kappa shape index (κ2) is 6.82. The summed E-state index contributed by atoms with van der Waals surface area (Å²) in [6, 6.07) is 11.1. The molecule has 1 fully saturated rings. The molecule has 0 saturated heterocycles. The molecule has 0 radical (unpaired) electrons. The molecule has 120 valence electrons. The first-order valence-corrected chi connectivity index (χ1v) is 8.08. The molecule has 0 aliphatic heterocycles. The highest BCUT2D eigenvalue weighted by Gasteiger charge is 2.24. The quantitative estimate of drug-likeness (QED) is 0.859. The van der Waals surface area contributed by atoms with E-state index in [-0.39, 0.29) is 11.7 Å². The smallest absolute Gasteiger partial charge is 0.340 e. The van der Waals surface area contributed by atoms with Gasteiger partial charge in [0.15, 0.2) is 0 Å². The van der Waals surface area contributed by atoms with Gasteiger partial charge in [-0.2, -0.15) is 0 Å². The zero-order valence-corrected chi connectivity index (χ0v) is 13.3. The molecular weight excluding hydrogens is 290 g/mol. The summed E-state index contributed by atoms with van der Waals surface area (Å²) in [4.78, 5) is 16.8. The third kappa shape index (κ3) is 3.21. The Labute approximate surface area is 136 Å². The minimum Gasteiger partial charge on any atom is -0.506 e. The van der Waals surface area contributed by atoms with Crippen LogP contribution in [0.25, 0.3) is 11.3 Å². The van der Waals surface area contributed by atoms with Crippen molar-refractivity contribution in [2.24, 2.45) is 0 Å². The van der Waals surface area contributed by atoms with Crippen LogP contribution in [-0.4, -0.2) is 23.2 Å². The molecule has 4 heteroatoms. The molecule has 4 nitrogen and oxygen atoms in total. The van der Waals surface area contributed by atoms with E-state index in [0.717, 1.165) is 31.2 Å². The monoisotopic (exact) mass is 311 g/mol. The number of aromatic nitrogens is 1. The molecule has 1 aliphatic rings. The molecule has 23 heavy (non-hydrogen) atoms. The lowest BCUT2D eigenvalue weighted by molar-refractivity contribution is 0.0600. The molecule has 0 atom stereocenters. The summed E-state index contributed by atoms with van der Waals surface area (Å²) < 4.78 is 4.85. The molecule has 1 aliphatic carbocycles. The first-order valence-electron chi connectivity index (χ1n) is 8.08. The molecule has 0 bridgehead atoms. The molecule has 1 aromatic heterocycles. The SMILES string of the molecule is COC(=O)c1cc(O)c(C2CCCCC2)nc1-c1ccccc1. The molecule has 1 heterocycles. The van der Waals surface area contributed by atoms with Crippen LogP contribution in [0, 0.1) is 0 Å². The summed E-state index contributed by atoms with van der Waals surface area (Å²) in [7, 11) is 1.34. The van der Waals surface area contributed by atoms with Gasteiger partial charge < -0.3 is 9.84 Å². The van der Waals surface area contributed by atoms with Gasteiger partial charge in [-0.05, 0) is 18.9 Å². The standard InChI is InChI=1S/C19H21NO3/c1-23-19(22)15-12-16(21)18(14-10-6-3-7-11-14)20-17(15)13-8-4-2-5-9-13/h2,4-5,8-9,12,14,21H,3,6-7,10-11H2,1H3. The summed E-state index contributed by atoms with van der Waals surface area (Å²) in [6.45, 7) is 0. The van der Waals surface area contributed by atoms with Crippen molar-refractivity contribution in [3.05, 3.63) is 47.7 Å². The normalized spacial score (nSPS) is 15.3. The largest absolute Gasteiger partial charge is 0.506 e. The number of methoxy groups -OCH3 is 1. The molecule has 1 aromatic carbocycles. The molecular formula is C19H21NO3. The Balaban J connectivity index is 2.11. The van der Waals surface area contributed by atoms with E-state index in [1.54, 1.807) is 0 Å². The molecule has 0 spiro atoms. The fourth-order valence-corrected chi connectivity index (χ4v) is 3.28. The van der Waals surface area contributed by atoms with Gasteiger partial charge >= 0.3 is 5.97 Å². The van der Waals surface area contributed by atoms with Gasteiger partial charge in [-0.3, -0.25) is 0 Å². The molecule has 2 aromatic rings. The summed E-state index contributed by atoms with van der Waals surface area (Å²) in [5.41, 5.74) is 2.44. The Morgan fingerprint density at radius 2 is 1.87 bits per heavy atom. The van der Waals surface area contributed by atoms with Gasteiger partial charge in [-0.25, -0.2) is 9.78 Å². The lowest BCUT2D eigenvalue weighted by Gasteiger charge is -2.23. The maximum absolute atomic E-state index is 12.1. The lowest BCUT2D eigenvalue weighted by atomic mass is 9.86. The van der Waals surface area contributed by atoms with Crippen LogP contribution in [0.2, 0.25) is 0 Å². The van der Waals surface area contributed by atoms with Crippen LogP contribution in [0.5, 0.6) is 5.75 Å². The third-order valence-corrected chi connectivity index (χ3v) is 4.48. The van der Waals surface area contributed by atoms with Crippen LogP contribution in [0.4, 0.5) is 0 Å². The Kier molecular flexibility index (Phi) is 4.60. The van der Waals surface area contributed by atoms with Crippen LogP contribution in [0.15, 0.2) is 36.4 Å². The zero-order valence-electron chi connectivity index (χ0n) is 13.3. The van der Waals surface area contributed by atoms with E-state index < -0.39 is 5.97 Å². The van der Waals surface area contributed by atoms with E-state index in [0.29, 0.717) is 17.0 Å². The number of pyridine rings is 1. The average molecular weight is 311 g/mol. The predicted octanol–water partition coefficient (Wildman–Crippen LogP) is 4.29. The minimum absolute atomic E-state index is 0.0944. The average Bonchev–Trinajstić information content (AvgIpc) is 2.62. The van der Waals surface area contributed by atoms with Crippen LogP contribution in [0.3, 0.4) is 0 Å². The van der Waals surface area contributed by atoms with Crippen molar-refractivity contribution in [1.29, 1.82) is 0 Å². The number of esters is 1. The fourth-order valence-electron chi connectivity index (χ4n) is 3.28. The summed E-state index contributed by atoms with van der Waals surface area (Å²) in [5, 5.41) is 10.4. The van der Waals surface area contributed by atoms with Crippen molar-refractivity contribution >= 4 is 5.97 Å². The molecule has 1 N–H and O–H groups in total. The van der Waals surface area contributed by atoms with Gasteiger partial charge in [0, 0.05) is 11.5 Å². The maximum Gasteiger partial charge on any atom is 0.340 e. The van der Waals surface area contributed by atoms with Crippen LogP contribution < -0.4 is 0 Å². The van der Waals surface area contributed by atoms with Crippen LogP contribution in [0.1, 0.15) is 54.1 Å². The Hall–Kier alpha value is -2.36. The Morgan fingerprint density at radius 1 is 1.17 bits per heavy atom. The summed E-state index contributed by atoms with van der Waals surface area (Å²) in [5.74, 6) is -0.128. The van der Waals surface area contributed by atoms with Crippen LogP contribution >= 0.6 is 0 Å². The predicted molar refractivity (Wildman–Crippen MR) is 88.5 cm³/mol. The number of rotatable bonds is 3. The van der Waals surface area contributed by atoms with Crippen molar-refractivity contribution in [3.8, 4) is 17.0 Å². The van der Waals surface area contributed by atoms with E-state index in [4.69, 9.17) is 4.74 Å². The number of benzene rings is 1. The maximum atomic E-state index is 12.1. The van der Waals surface area contributed by atoms with Crippen molar-refractivity contribution in [3.63, 3.8) is 0 Å². The van der Waals surface area contributed by atoms with Crippen molar-refractivity contribution in [1.82, 2.24) is 4.98 Å². The second-order valence-corrected chi connectivity index (χ2v) is 5.98. The van der Waals surface area contributed by atoms with Gasteiger partial charge in [0.25, 0.3) is 0 Å². The van der Waals surface area contributed by atoms with Gasteiger partial charge in [0.2, 0.25) is 0 Å². The first kappa shape index (κ1) is 15.5. The second-order valence-electron chi connectivity index (χ2n) is 5.98. The van der Waals surface area contributed by atoms with E-state index in [2.05, 4.69) is 4.98 Å². The zero-order chi connectivity index (χ0) is 16.2. The third-order valence-electron chi connectivity index (χ3n) is 4.48. The summed E-state index contributed by atoms with van der Waals surface area (Å²) in [6.07, 6.45) is 5.62. The number of hydrogen-bond acceptors (Lipinski definition) is 4. The number of carbonyl (C=O) groups excluding carboxylic acids is 1. The first-order chi connectivity index (χ1) is 11.2. The number of ether oxygens (including phenoxy) is 1. The van der Waals surface area contributed by atoms with Crippen molar-refractivity contribution in [2.75, 3.05) is 7.11 Å². The molecule has 0 unspecified atom stereocenters. The molecule has 3 rings (SSSR count). The molecule has 0 amide bonds. The highest BCUT2D eigenvalue weighted by molar-refractivity contribution is 5.96. The van der Waals surface area contributed by atoms with Gasteiger partial charge in [0.1, 0.15) is 5.75 Å². The van der Waals surface area contributed by atoms with Crippen molar-refractivity contribution < 1.29 is 14.6 Å². The minimum atomic E-state index is -0.484. The van der Waals surface area contributed by atoms with E-state index in [9.17, 15) is 9.90 Å². The number of nitrogens with zero attached hydrogens (tertiary/aromatic N) is 1. The van der Waals surface area contributed by atoms with Gasteiger partial charge in [-0.1, -0.05) is 49.6 Å².